The Hall–Kier alpha value is -1.22. The maximum atomic E-state index is 5.47. The van der Waals surface area contributed by atoms with Crippen molar-refractivity contribution in [2.45, 2.75) is 25.8 Å². The Morgan fingerprint density at radius 2 is 2.12 bits per heavy atom. The molecule has 0 spiro atoms. The molecule has 3 nitrogen and oxygen atoms in total. The zero-order chi connectivity index (χ0) is 11.5. The second-order valence-electron chi connectivity index (χ2n) is 4.03. The van der Waals surface area contributed by atoms with Crippen molar-refractivity contribution in [1.29, 1.82) is 0 Å². The first kappa shape index (κ1) is 11.3. The van der Waals surface area contributed by atoms with Gasteiger partial charge in [-0.15, -0.1) is 0 Å². The molecule has 88 valence electrons. The molecule has 0 unspecified atom stereocenters. The van der Waals surface area contributed by atoms with Crippen LogP contribution >= 0.6 is 0 Å². The first-order chi connectivity index (χ1) is 7.81. The Bertz CT molecular complexity index is 376. The Kier molecular flexibility index (Phi) is 3.34. The smallest absolute Gasteiger partial charge is 0.164 e. The van der Waals surface area contributed by atoms with Crippen LogP contribution in [0.15, 0.2) is 12.1 Å². The lowest BCUT2D eigenvalue weighted by molar-refractivity contribution is 0.346. The van der Waals surface area contributed by atoms with Gasteiger partial charge in [-0.25, -0.2) is 0 Å². The van der Waals surface area contributed by atoms with Gasteiger partial charge in [0.25, 0.3) is 0 Å². The van der Waals surface area contributed by atoms with Crippen LogP contribution in [0.2, 0.25) is 0 Å². The molecule has 1 atom stereocenters. The van der Waals surface area contributed by atoms with E-state index in [4.69, 9.17) is 9.47 Å². The van der Waals surface area contributed by atoms with Crippen molar-refractivity contribution in [2.75, 3.05) is 20.8 Å². The second kappa shape index (κ2) is 4.74. The highest BCUT2D eigenvalue weighted by molar-refractivity contribution is 5.52. The number of rotatable bonds is 3. The van der Waals surface area contributed by atoms with E-state index >= 15 is 0 Å². The first-order valence-electron chi connectivity index (χ1n) is 5.79. The van der Waals surface area contributed by atoms with Crippen LogP contribution in [0.1, 0.15) is 30.5 Å². The zero-order valence-corrected chi connectivity index (χ0v) is 10.2. The van der Waals surface area contributed by atoms with E-state index in [1.165, 1.54) is 11.1 Å². The molecule has 3 heteroatoms. The Morgan fingerprint density at radius 3 is 2.75 bits per heavy atom. The van der Waals surface area contributed by atoms with Gasteiger partial charge in [-0.3, -0.25) is 0 Å². The first-order valence-corrected chi connectivity index (χ1v) is 5.79. The maximum Gasteiger partial charge on any atom is 0.164 e. The van der Waals surface area contributed by atoms with Gasteiger partial charge in [-0.05, 0) is 31.0 Å². The van der Waals surface area contributed by atoms with Gasteiger partial charge in [0.2, 0.25) is 0 Å². The summed E-state index contributed by atoms with van der Waals surface area (Å²) in [6, 6.07) is 4.59. The fourth-order valence-corrected chi connectivity index (χ4v) is 2.44. The molecule has 0 amide bonds. The van der Waals surface area contributed by atoms with Crippen molar-refractivity contribution in [2.24, 2.45) is 0 Å². The molecule has 1 aromatic carbocycles. The van der Waals surface area contributed by atoms with Crippen LogP contribution in [-0.2, 0) is 6.42 Å². The van der Waals surface area contributed by atoms with Gasteiger partial charge in [0, 0.05) is 11.6 Å². The minimum Gasteiger partial charge on any atom is -0.493 e. The summed E-state index contributed by atoms with van der Waals surface area (Å²) in [5, 5.41) is 3.52. The molecule has 0 aliphatic carbocycles. The summed E-state index contributed by atoms with van der Waals surface area (Å²) in [4.78, 5) is 0. The van der Waals surface area contributed by atoms with Gasteiger partial charge < -0.3 is 14.8 Å². The standard InChI is InChI=1S/C13H19NO2/c1-4-11-9-5-6-12(15-2)13(16-3)10(9)7-8-14-11/h5-6,11,14H,4,7-8H2,1-3H3/t11-/m1/s1. The highest BCUT2D eigenvalue weighted by Gasteiger charge is 2.23. The van der Waals surface area contributed by atoms with Gasteiger partial charge >= 0.3 is 0 Å². The number of nitrogens with one attached hydrogen (secondary N) is 1. The van der Waals surface area contributed by atoms with Gasteiger partial charge in [0.15, 0.2) is 11.5 Å². The molecule has 0 fully saturated rings. The quantitative estimate of drug-likeness (QED) is 0.849. The van der Waals surface area contributed by atoms with Crippen molar-refractivity contribution in [1.82, 2.24) is 5.32 Å². The molecule has 1 aliphatic rings. The van der Waals surface area contributed by atoms with E-state index in [1.807, 2.05) is 6.07 Å². The van der Waals surface area contributed by atoms with Crippen LogP contribution < -0.4 is 14.8 Å². The maximum absolute atomic E-state index is 5.47. The minimum absolute atomic E-state index is 0.448. The molecule has 0 saturated heterocycles. The molecule has 0 radical (unpaired) electrons. The molecule has 1 aliphatic heterocycles. The van der Waals surface area contributed by atoms with E-state index in [0.717, 1.165) is 30.9 Å². The topological polar surface area (TPSA) is 30.5 Å². The van der Waals surface area contributed by atoms with Crippen molar-refractivity contribution in [3.05, 3.63) is 23.3 Å². The normalized spacial score (nSPS) is 19.1. The molecule has 1 N–H and O–H groups in total. The molecule has 1 aromatic rings. The average molecular weight is 221 g/mol. The van der Waals surface area contributed by atoms with Gasteiger partial charge in [0.1, 0.15) is 0 Å². The number of ether oxygens (including phenoxy) is 2. The number of methoxy groups -OCH3 is 2. The third-order valence-electron chi connectivity index (χ3n) is 3.23. The summed E-state index contributed by atoms with van der Waals surface area (Å²) in [6.07, 6.45) is 2.11. The monoisotopic (exact) mass is 221 g/mol. The van der Waals surface area contributed by atoms with E-state index in [1.54, 1.807) is 14.2 Å². The number of hydrogen-bond donors (Lipinski definition) is 1. The highest BCUT2D eigenvalue weighted by Crippen LogP contribution is 2.38. The number of fused-ring (bicyclic) bond motifs is 1. The highest BCUT2D eigenvalue weighted by atomic mass is 16.5. The van der Waals surface area contributed by atoms with Crippen LogP contribution in [0.25, 0.3) is 0 Å². The Balaban J connectivity index is 2.50. The van der Waals surface area contributed by atoms with Crippen LogP contribution in [0.5, 0.6) is 11.5 Å². The minimum atomic E-state index is 0.448. The van der Waals surface area contributed by atoms with Gasteiger partial charge in [-0.2, -0.15) is 0 Å². The second-order valence-corrected chi connectivity index (χ2v) is 4.03. The number of benzene rings is 1. The van der Waals surface area contributed by atoms with Crippen LogP contribution in [0.4, 0.5) is 0 Å². The van der Waals surface area contributed by atoms with Crippen molar-refractivity contribution in [3.63, 3.8) is 0 Å². The number of hydrogen-bond acceptors (Lipinski definition) is 3. The van der Waals surface area contributed by atoms with Crippen LogP contribution in [-0.4, -0.2) is 20.8 Å². The fourth-order valence-electron chi connectivity index (χ4n) is 2.44. The Labute approximate surface area is 96.8 Å². The van der Waals surface area contributed by atoms with Gasteiger partial charge in [0.05, 0.1) is 14.2 Å². The summed E-state index contributed by atoms with van der Waals surface area (Å²) in [7, 11) is 3.39. The lowest BCUT2D eigenvalue weighted by atomic mass is 9.92. The summed E-state index contributed by atoms with van der Waals surface area (Å²) in [5.41, 5.74) is 2.65. The molecule has 0 bridgehead atoms. The molecule has 0 saturated carbocycles. The van der Waals surface area contributed by atoms with Crippen molar-refractivity contribution < 1.29 is 9.47 Å². The van der Waals surface area contributed by atoms with Crippen molar-refractivity contribution >= 4 is 0 Å². The van der Waals surface area contributed by atoms with Crippen molar-refractivity contribution in [3.8, 4) is 11.5 Å². The summed E-state index contributed by atoms with van der Waals surface area (Å²) >= 11 is 0. The fraction of sp³-hybridized carbons (Fsp3) is 0.538. The molecule has 2 rings (SSSR count). The molecular weight excluding hydrogens is 202 g/mol. The predicted octanol–water partition coefficient (Wildman–Crippen LogP) is 2.30. The molecule has 0 aromatic heterocycles. The van der Waals surface area contributed by atoms with E-state index in [2.05, 4.69) is 18.3 Å². The summed E-state index contributed by atoms with van der Waals surface area (Å²) < 4.78 is 10.8. The zero-order valence-electron chi connectivity index (χ0n) is 10.2. The average Bonchev–Trinajstić information content (AvgIpc) is 2.36. The predicted molar refractivity (Wildman–Crippen MR) is 64.3 cm³/mol. The Morgan fingerprint density at radius 1 is 1.31 bits per heavy atom. The van der Waals surface area contributed by atoms with E-state index < -0.39 is 0 Å². The van der Waals surface area contributed by atoms with E-state index in [9.17, 15) is 0 Å². The third kappa shape index (κ3) is 1.76. The molecular formula is C13H19NO2. The van der Waals surface area contributed by atoms with E-state index in [0.29, 0.717) is 6.04 Å². The van der Waals surface area contributed by atoms with E-state index in [-0.39, 0.29) is 0 Å². The van der Waals surface area contributed by atoms with Crippen LogP contribution in [0, 0.1) is 0 Å². The molecule has 16 heavy (non-hydrogen) atoms. The SMILES string of the molecule is CC[C@H]1NCCc2c1ccc(OC)c2OC. The van der Waals surface area contributed by atoms with Crippen LogP contribution in [0.3, 0.4) is 0 Å². The largest absolute Gasteiger partial charge is 0.493 e. The lowest BCUT2D eigenvalue weighted by Crippen LogP contribution is -2.29. The van der Waals surface area contributed by atoms with Gasteiger partial charge in [-0.1, -0.05) is 13.0 Å². The summed E-state index contributed by atoms with van der Waals surface area (Å²) in [6.45, 7) is 3.21. The third-order valence-corrected chi connectivity index (χ3v) is 3.23. The summed E-state index contributed by atoms with van der Waals surface area (Å²) in [5.74, 6) is 1.73. The molecule has 1 heterocycles. The lowest BCUT2D eigenvalue weighted by Gasteiger charge is -2.28.